The highest BCUT2D eigenvalue weighted by Crippen LogP contribution is 2.29. The third-order valence-corrected chi connectivity index (χ3v) is 12.6. The molecule has 1 unspecified atom stereocenters. The van der Waals surface area contributed by atoms with Gasteiger partial charge in [0.1, 0.15) is 11.8 Å². The molecule has 8 rings (SSSR count). The first-order chi connectivity index (χ1) is 25.1. The molecule has 13 heteroatoms. The Bertz CT molecular complexity index is 2700. The number of carbonyl (C=O) groups excluding carboxylic acids is 1. The predicted octanol–water partition coefficient (Wildman–Crippen LogP) is 5.78. The van der Waals surface area contributed by atoms with Crippen molar-refractivity contribution in [2.45, 2.75) is 35.6 Å². The van der Waals surface area contributed by atoms with Gasteiger partial charge < -0.3 is 13.7 Å². The first-order valence-electron chi connectivity index (χ1n) is 16.6. The molecule has 1 amide bonds. The van der Waals surface area contributed by atoms with Crippen molar-refractivity contribution >= 4 is 58.5 Å². The molecule has 0 saturated heterocycles. The van der Waals surface area contributed by atoms with Crippen LogP contribution in [-0.2, 0) is 44.4 Å². The number of para-hydroxylation sites is 1. The first-order valence-corrected chi connectivity index (χ1v) is 19.5. The van der Waals surface area contributed by atoms with Gasteiger partial charge in [-0.2, -0.15) is 12.7 Å². The fourth-order valence-electron chi connectivity index (χ4n) is 6.89. The summed E-state index contributed by atoms with van der Waals surface area (Å²) in [7, 11) is -7.15. The predicted molar refractivity (Wildman–Crippen MR) is 198 cm³/mol. The molecule has 1 atom stereocenters. The molecule has 1 aliphatic heterocycles. The minimum absolute atomic E-state index is 0.0106. The Balaban J connectivity index is 1.10. The molecule has 3 aromatic heterocycles. The number of amides is 1. The number of hydrogen-bond acceptors (Lipinski definition) is 8. The van der Waals surface area contributed by atoms with Crippen molar-refractivity contribution in [2.75, 3.05) is 13.6 Å². The van der Waals surface area contributed by atoms with E-state index in [0.29, 0.717) is 46.7 Å². The van der Waals surface area contributed by atoms with Crippen LogP contribution in [0.15, 0.2) is 138 Å². The topological polar surface area (TPSA) is 132 Å². The van der Waals surface area contributed by atoms with Gasteiger partial charge in [0.15, 0.2) is 5.03 Å². The van der Waals surface area contributed by atoms with Crippen LogP contribution in [0.5, 0.6) is 5.75 Å². The normalized spacial score (nSPS) is 14.2. The summed E-state index contributed by atoms with van der Waals surface area (Å²) in [6, 6.07) is 32.7. The molecule has 4 aromatic carbocycles. The van der Waals surface area contributed by atoms with E-state index in [9.17, 15) is 21.6 Å². The summed E-state index contributed by atoms with van der Waals surface area (Å²) in [5, 5.41) is 3.04. The number of nitrogens with zero attached hydrogens (tertiary/aromatic N) is 5. The van der Waals surface area contributed by atoms with Crippen LogP contribution in [0, 0.1) is 0 Å². The second-order valence-electron chi connectivity index (χ2n) is 12.7. The lowest BCUT2D eigenvalue weighted by atomic mass is 10.0. The van der Waals surface area contributed by atoms with Gasteiger partial charge in [-0.1, -0.05) is 78.9 Å². The summed E-state index contributed by atoms with van der Waals surface area (Å²) in [6.45, 7) is 1.28. The van der Waals surface area contributed by atoms with Crippen LogP contribution in [-0.4, -0.2) is 66.1 Å². The van der Waals surface area contributed by atoms with Crippen molar-refractivity contribution < 1.29 is 25.8 Å². The second kappa shape index (κ2) is 13.2. The Morgan fingerprint density at radius 1 is 0.750 bits per heavy atom. The number of carbonyl (C=O) groups is 1. The van der Waals surface area contributed by atoms with E-state index in [1.807, 2.05) is 42.5 Å². The third kappa shape index (κ3) is 6.06. The molecule has 0 saturated carbocycles. The van der Waals surface area contributed by atoms with Crippen molar-refractivity contribution in [3.8, 4) is 5.75 Å². The molecule has 262 valence electrons. The van der Waals surface area contributed by atoms with Crippen molar-refractivity contribution in [3.05, 3.63) is 139 Å². The molecule has 0 bridgehead atoms. The quantitative estimate of drug-likeness (QED) is 0.171. The Hall–Kier alpha value is -5.63. The van der Waals surface area contributed by atoms with E-state index in [4.69, 9.17) is 4.18 Å². The maximum atomic E-state index is 14.5. The van der Waals surface area contributed by atoms with E-state index < -0.39 is 26.2 Å². The van der Waals surface area contributed by atoms with Gasteiger partial charge in [-0.25, -0.2) is 18.4 Å². The van der Waals surface area contributed by atoms with Crippen molar-refractivity contribution in [3.63, 3.8) is 0 Å². The number of fused-ring (bicyclic) bond motifs is 5. The number of benzene rings is 4. The van der Waals surface area contributed by atoms with Gasteiger partial charge in [0.2, 0.25) is 10.9 Å². The van der Waals surface area contributed by atoms with E-state index in [-0.39, 0.29) is 28.1 Å². The molecule has 4 heterocycles. The van der Waals surface area contributed by atoms with E-state index in [2.05, 4.69) is 20.6 Å². The molecule has 0 aliphatic carbocycles. The van der Waals surface area contributed by atoms with Crippen LogP contribution < -0.4 is 4.18 Å². The van der Waals surface area contributed by atoms with Gasteiger partial charge >= 0.3 is 10.1 Å². The van der Waals surface area contributed by atoms with E-state index in [1.54, 1.807) is 59.5 Å². The largest absolute Gasteiger partial charge is 0.378 e. The van der Waals surface area contributed by atoms with Crippen LogP contribution in [0.2, 0.25) is 0 Å². The molecule has 1 aliphatic rings. The molecule has 0 spiro atoms. The second-order valence-corrected chi connectivity index (χ2v) is 16.1. The minimum atomic E-state index is -4.29. The number of likely N-dealkylation sites (N-methyl/N-ethyl adjacent to an activating group) is 1. The molecular weight excluding hydrogens is 699 g/mol. The Morgan fingerprint density at radius 2 is 1.35 bits per heavy atom. The van der Waals surface area contributed by atoms with E-state index in [1.165, 1.54) is 31.6 Å². The van der Waals surface area contributed by atoms with Crippen molar-refractivity contribution in [1.29, 1.82) is 0 Å². The standard InChI is InChI=1S/C39H33N5O6S2/c1-42(51(46,47)37-33-11-5-2-8-28(33)18-20-40-37)36(39(45)43-22-23-44-31(26-43)25-30-10-4-7-13-35(30)44)24-27-14-16-32(17-15-27)50-52(48,49)38-34-12-6-3-9-29(34)19-21-41-38/h2-21,25,36H,22-24,26H2,1H3. The molecule has 0 fully saturated rings. The van der Waals surface area contributed by atoms with Crippen molar-refractivity contribution in [2.24, 2.45) is 0 Å². The zero-order valence-corrected chi connectivity index (χ0v) is 29.7. The van der Waals surface area contributed by atoms with Gasteiger partial charge in [-0.3, -0.25) is 4.79 Å². The monoisotopic (exact) mass is 731 g/mol. The van der Waals surface area contributed by atoms with Gasteiger partial charge in [-0.15, -0.1) is 0 Å². The van der Waals surface area contributed by atoms with Crippen molar-refractivity contribution in [1.82, 2.24) is 23.7 Å². The van der Waals surface area contributed by atoms with Crippen LogP contribution in [0.3, 0.4) is 0 Å². The Kier molecular flexibility index (Phi) is 8.48. The number of rotatable bonds is 9. The van der Waals surface area contributed by atoms with Crippen LogP contribution in [0.25, 0.3) is 32.4 Å². The summed E-state index contributed by atoms with van der Waals surface area (Å²) in [4.78, 5) is 24.6. The maximum Gasteiger partial charge on any atom is 0.357 e. The smallest absolute Gasteiger partial charge is 0.357 e. The van der Waals surface area contributed by atoms with Gasteiger partial charge in [0.25, 0.3) is 10.0 Å². The zero-order chi connectivity index (χ0) is 36.0. The number of aromatic nitrogens is 3. The minimum Gasteiger partial charge on any atom is -0.378 e. The average molecular weight is 732 g/mol. The average Bonchev–Trinajstić information content (AvgIpc) is 3.54. The molecule has 11 nitrogen and oxygen atoms in total. The maximum absolute atomic E-state index is 14.5. The highest BCUT2D eigenvalue weighted by Gasteiger charge is 2.38. The zero-order valence-electron chi connectivity index (χ0n) is 28.0. The summed E-state index contributed by atoms with van der Waals surface area (Å²) in [5.74, 6) is -0.307. The Labute approximate surface area is 300 Å². The SMILES string of the molecule is CN(C(Cc1ccc(OS(=O)(=O)c2nccc3ccccc23)cc1)C(=O)N1CCn2c(cc3ccccc32)C1)S(=O)(=O)c1nccc2ccccc12. The third-order valence-electron chi connectivity index (χ3n) is 9.57. The first kappa shape index (κ1) is 33.5. The number of pyridine rings is 2. The molecule has 52 heavy (non-hydrogen) atoms. The molecular formula is C39H33N5O6S2. The fourth-order valence-corrected chi connectivity index (χ4v) is 9.41. The lowest BCUT2D eigenvalue weighted by Crippen LogP contribution is -2.52. The van der Waals surface area contributed by atoms with E-state index >= 15 is 0 Å². The highest BCUT2D eigenvalue weighted by atomic mass is 32.2. The van der Waals surface area contributed by atoms with E-state index in [0.717, 1.165) is 20.9 Å². The van der Waals surface area contributed by atoms with Gasteiger partial charge in [0.05, 0.1) is 6.54 Å². The lowest BCUT2D eigenvalue weighted by molar-refractivity contribution is -0.136. The van der Waals surface area contributed by atoms with Gasteiger partial charge in [0, 0.05) is 54.5 Å². The van der Waals surface area contributed by atoms with Gasteiger partial charge in [-0.05, 0) is 64.5 Å². The number of hydrogen-bond donors (Lipinski definition) is 0. The highest BCUT2D eigenvalue weighted by molar-refractivity contribution is 7.89. The molecule has 0 radical (unpaired) electrons. The van der Waals surface area contributed by atoms with Crippen LogP contribution in [0.1, 0.15) is 11.3 Å². The fraction of sp³-hybridized carbons (Fsp3) is 0.154. The summed E-state index contributed by atoms with van der Waals surface area (Å²) in [6.07, 6.45) is 2.87. The van der Waals surface area contributed by atoms with Crippen LogP contribution in [0.4, 0.5) is 0 Å². The molecule has 7 aromatic rings. The number of sulfonamides is 1. The summed E-state index contributed by atoms with van der Waals surface area (Å²) >= 11 is 0. The summed E-state index contributed by atoms with van der Waals surface area (Å²) < 4.78 is 64.0. The molecule has 0 N–H and O–H groups in total. The van der Waals surface area contributed by atoms with Crippen LogP contribution >= 0.6 is 0 Å². The Morgan fingerprint density at radius 3 is 2.04 bits per heavy atom. The lowest BCUT2D eigenvalue weighted by Gasteiger charge is -2.35. The summed E-state index contributed by atoms with van der Waals surface area (Å²) in [5.41, 5.74) is 2.65.